The van der Waals surface area contributed by atoms with Crippen LogP contribution >= 0.6 is 0 Å². The monoisotopic (exact) mass is 217 g/mol. The summed E-state index contributed by atoms with van der Waals surface area (Å²) in [6, 6.07) is 1.23. The van der Waals surface area contributed by atoms with Crippen molar-refractivity contribution in [2.75, 3.05) is 7.05 Å². The summed E-state index contributed by atoms with van der Waals surface area (Å²) in [6.07, 6.45) is 0.743. The SMILES string of the molecule is CNC(C=O)Cc1cc(F)c(F)c(F)c1. The Bertz CT molecular complexity index is 345. The van der Waals surface area contributed by atoms with Gasteiger partial charge < -0.3 is 10.1 Å². The van der Waals surface area contributed by atoms with Crippen molar-refractivity contribution in [2.45, 2.75) is 12.5 Å². The predicted octanol–water partition coefficient (Wildman–Crippen LogP) is 1.43. The van der Waals surface area contributed by atoms with Crippen molar-refractivity contribution in [1.29, 1.82) is 0 Å². The van der Waals surface area contributed by atoms with Gasteiger partial charge in [-0.25, -0.2) is 13.2 Å². The van der Waals surface area contributed by atoms with Gasteiger partial charge in [0, 0.05) is 0 Å². The first kappa shape index (κ1) is 11.7. The normalized spacial score (nSPS) is 12.5. The number of rotatable bonds is 4. The molecule has 0 aliphatic heterocycles. The van der Waals surface area contributed by atoms with Gasteiger partial charge >= 0.3 is 0 Å². The average molecular weight is 217 g/mol. The fourth-order valence-corrected chi connectivity index (χ4v) is 1.20. The lowest BCUT2D eigenvalue weighted by Gasteiger charge is -2.09. The van der Waals surface area contributed by atoms with Crippen molar-refractivity contribution in [2.24, 2.45) is 0 Å². The average Bonchev–Trinajstić information content (AvgIpc) is 2.22. The van der Waals surface area contributed by atoms with Crippen LogP contribution in [0, 0.1) is 17.5 Å². The minimum absolute atomic E-state index is 0.119. The second-order valence-electron chi connectivity index (χ2n) is 3.11. The number of nitrogens with one attached hydrogen (secondary N) is 1. The Morgan fingerprint density at radius 1 is 1.33 bits per heavy atom. The third kappa shape index (κ3) is 2.79. The van der Waals surface area contributed by atoms with E-state index in [0.29, 0.717) is 6.29 Å². The molecule has 0 amide bonds. The molecule has 0 aliphatic carbocycles. The summed E-state index contributed by atoms with van der Waals surface area (Å²) in [6.45, 7) is 0. The molecule has 1 aromatic rings. The highest BCUT2D eigenvalue weighted by Crippen LogP contribution is 2.14. The Labute approximate surface area is 85.1 Å². The highest BCUT2D eigenvalue weighted by atomic mass is 19.2. The number of hydrogen-bond acceptors (Lipinski definition) is 2. The van der Waals surface area contributed by atoms with E-state index in [1.807, 2.05) is 0 Å². The molecule has 0 fully saturated rings. The predicted molar refractivity (Wildman–Crippen MR) is 48.9 cm³/mol. The maximum absolute atomic E-state index is 12.8. The zero-order chi connectivity index (χ0) is 11.4. The standard InChI is InChI=1S/C10H10F3NO/c1-14-7(5-15)2-6-3-8(11)10(13)9(12)4-6/h3-5,7,14H,2H2,1H3. The van der Waals surface area contributed by atoms with Gasteiger partial charge in [0.15, 0.2) is 17.5 Å². The number of hydrogen-bond donors (Lipinski definition) is 1. The van der Waals surface area contributed by atoms with Gasteiger partial charge in [-0.05, 0) is 31.2 Å². The number of benzene rings is 1. The molecule has 0 saturated heterocycles. The van der Waals surface area contributed by atoms with Gasteiger partial charge in [-0.2, -0.15) is 0 Å². The zero-order valence-electron chi connectivity index (χ0n) is 8.06. The van der Waals surface area contributed by atoms with Crippen molar-refractivity contribution in [3.63, 3.8) is 0 Å². The maximum Gasteiger partial charge on any atom is 0.194 e. The maximum atomic E-state index is 12.8. The van der Waals surface area contributed by atoms with Crippen molar-refractivity contribution >= 4 is 6.29 Å². The van der Waals surface area contributed by atoms with E-state index in [-0.39, 0.29) is 12.0 Å². The lowest BCUT2D eigenvalue weighted by Crippen LogP contribution is -2.29. The largest absolute Gasteiger partial charge is 0.311 e. The van der Waals surface area contributed by atoms with E-state index >= 15 is 0 Å². The molecule has 0 saturated carbocycles. The molecular formula is C10H10F3NO. The van der Waals surface area contributed by atoms with E-state index in [1.54, 1.807) is 7.05 Å². The Hall–Kier alpha value is -1.36. The molecular weight excluding hydrogens is 207 g/mol. The van der Waals surface area contributed by atoms with E-state index in [4.69, 9.17) is 0 Å². The van der Waals surface area contributed by atoms with Crippen LogP contribution in [0.4, 0.5) is 13.2 Å². The Morgan fingerprint density at radius 3 is 2.27 bits per heavy atom. The van der Waals surface area contributed by atoms with Gasteiger partial charge in [-0.1, -0.05) is 0 Å². The first-order chi connectivity index (χ1) is 7.08. The van der Waals surface area contributed by atoms with Crippen LogP contribution in [0.5, 0.6) is 0 Å². The van der Waals surface area contributed by atoms with E-state index in [9.17, 15) is 18.0 Å². The van der Waals surface area contributed by atoms with E-state index in [2.05, 4.69) is 5.32 Å². The highest BCUT2D eigenvalue weighted by Gasteiger charge is 2.13. The highest BCUT2D eigenvalue weighted by molar-refractivity contribution is 5.58. The van der Waals surface area contributed by atoms with Gasteiger partial charge in [-0.3, -0.25) is 0 Å². The minimum atomic E-state index is -1.49. The Kier molecular flexibility index (Phi) is 3.85. The van der Waals surface area contributed by atoms with Crippen molar-refractivity contribution in [1.82, 2.24) is 5.32 Å². The summed E-state index contributed by atoms with van der Waals surface area (Å²) in [5.41, 5.74) is 0.234. The molecule has 1 unspecified atom stereocenters. The third-order valence-corrected chi connectivity index (χ3v) is 2.03. The Morgan fingerprint density at radius 2 is 1.87 bits per heavy atom. The van der Waals surface area contributed by atoms with Crippen LogP contribution in [0.25, 0.3) is 0 Å². The van der Waals surface area contributed by atoms with Gasteiger partial charge in [0.25, 0.3) is 0 Å². The molecule has 1 aromatic carbocycles. The summed E-state index contributed by atoms with van der Waals surface area (Å²) in [5, 5.41) is 2.65. The Balaban J connectivity index is 2.91. The summed E-state index contributed by atoms with van der Waals surface area (Å²) in [5.74, 6) is -3.98. The quantitative estimate of drug-likeness (QED) is 0.610. The molecule has 0 bridgehead atoms. The molecule has 82 valence electrons. The second kappa shape index (κ2) is 4.93. The third-order valence-electron chi connectivity index (χ3n) is 2.03. The lowest BCUT2D eigenvalue weighted by molar-refractivity contribution is -0.109. The van der Waals surface area contributed by atoms with Gasteiger partial charge in [0.05, 0.1) is 6.04 Å². The van der Waals surface area contributed by atoms with Crippen LogP contribution in [0.3, 0.4) is 0 Å². The number of halogens is 3. The topological polar surface area (TPSA) is 29.1 Å². The zero-order valence-corrected chi connectivity index (χ0v) is 8.06. The molecule has 5 heteroatoms. The molecule has 0 aliphatic rings. The fourth-order valence-electron chi connectivity index (χ4n) is 1.20. The molecule has 1 atom stereocenters. The first-order valence-corrected chi connectivity index (χ1v) is 4.34. The summed E-state index contributed by atoms with van der Waals surface area (Å²) in [4.78, 5) is 10.5. The molecule has 0 radical (unpaired) electrons. The van der Waals surface area contributed by atoms with Crippen molar-refractivity contribution in [3.8, 4) is 0 Å². The van der Waals surface area contributed by atoms with Gasteiger partial charge in [0.1, 0.15) is 6.29 Å². The second-order valence-corrected chi connectivity index (χ2v) is 3.11. The number of carbonyl (C=O) groups excluding carboxylic acids is 1. The molecule has 2 nitrogen and oxygen atoms in total. The summed E-state index contributed by atoms with van der Waals surface area (Å²) in [7, 11) is 1.55. The first-order valence-electron chi connectivity index (χ1n) is 4.34. The van der Waals surface area contributed by atoms with E-state index in [1.165, 1.54) is 0 Å². The van der Waals surface area contributed by atoms with Crippen LogP contribution in [-0.2, 0) is 11.2 Å². The number of aldehydes is 1. The molecule has 0 heterocycles. The lowest BCUT2D eigenvalue weighted by atomic mass is 10.1. The van der Waals surface area contributed by atoms with E-state index < -0.39 is 23.5 Å². The van der Waals surface area contributed by atoms with Gasteiger partial charge in [-0.15, -0.1) is 0 Å². The summed E-state index contributed by atoms with van der Waals surface area (Å²) < 4.78 is 38.1. The van der Waals surface area contributed by atoms with Crippen molar-refractivity contribution in [3.05, 3.63) is 35.1 Å². The summed E-state index contributed by atoms with van der Waals surface area (Å²) >= 11 is 0. The van der Waals surface area contributed by atoms with E-state index in [0.717, 1.165) is 12.1 Å². The molecule has 0 spiro atoms. The van der Waals surface area contributed by atoms with Crippen LogP contribution in [0.1, 0.15) is 5.56 Å². The van der Waals surface area contributed by atoms with Crippen molar-refractivity contribution < 1.29 is 18.0 Å². The van der Waals surface area contributed by atoms with Gasteiger partial charge in [0.2, 0.25) is 0 Å². The fraction of sp³-hybridized carbons (Fsp3) is 0.300. The van der Waals surface area contributed by atoms with Crippen LogP contribution < -0.4 is 5.32 Å². The smallest absolute Gasteiger partial charge is 0.194 e. The van der Waals surface area contributed by atoms with Crippen LogP contribution in [0.15, 0.2) is 12.1 Å². The molecule has 0 aromatic heterocycles. The van der Waals surface area contributed by atoms with Crippen LogP contribution in [-0.4, -0.2) is 19.4 Å². The minimum Gasteiger partial charge on any atom is -0.311 e. The molecule has 1 N–H and O–H groups in total. The number of likely N-dealkylation sites (N-methyl/N-ethyl adjacent to an activating group) is 1. The molecule has 1 rings (SSSR count). The number of carbonyl (C=O) groups is 1. The van der Waals surface area contributed by atoms with Crippen LogP contribution in [0.2, 0.25) is 0 Å². The molecule has 15 heavy (non-hydrogen) atoms.